The van der Waals surface area contributed by atoms with Gasteiger partial charge in [-0.05, 0) is 25.5 Å². The van der Waals surface area contributed by atoms with Gasteiger partial charge >= 0.3 is 11.9 Å². The topological polar surface area (TPSA) is 112 Å². The zero-order valence-electron chi connectivity index (χ0n) is 15.0. The van der Waals surface area contributed by atoms with Crippen molar-refractivity contribution >= 4 is 27.9 Å². The summed E-state index contributed by atoms with van der Waals surface area (Å²) in [5.74, 6) is -2.23. The molecular formula is C19H19BrN2O5. The van der Waals surface area contributed by atoms with Crippen molar-refractivity contribution in [3.8, 4) is 6.07 Å². The minimum atomic E-state index is -0.831. The summed E-state index contributed by atoms with van der Waals surface area (Å²) in [6.07, 6.45) is -0.303. The minimum absolute atomic E-state index is 0.0177. The molecule has 0 spiro atoms. The number of hydrogen-bond acceptors (Lipinski definition) is 7. The van der Waals surface area contributed by atoms with Crippen molar-refractivity contribution in [2.24, 2.45) is 5.73 Å². The second-order valence-corrected chi connectivity index (χ2v) is 6.34. The van der Waals surface area contributed by atoms with Crippen LogP contribution in [0.5, 0.6) is 0 Å². The van der Waals surface area contributed by atoms with Gasteiger partial charge in [0.1, 0.15) is 23.8 Å². The first-order valence-corrected chi connectivity index (χ1v) is 9.11. The van der Waals surface area contributed by atoms with Gasteiger partial charge in [-0.2, -0.15) is 5.26 Å². The van der Waals surface area contributed by atoms with E-state index in [0.29, 0.717) is 10.0 Å². The third-order valence-corrected chi connectivity index (χ3v) is 4.54. The summed E-state index contributed by atoms with van der Waals surface area (Å²) in [5.41, 5.74) is 6.68. The summed E-state index contributed by atoms with van der Waals surface area (Å²) in [7, 11) is 0. The molecule has 1 unspecified atom stereocenters. The molecule has 1 aliphatic rings. The molecule has 2 N–H and O–H groups in total. The maximum Gasteiger partial charge on any atom is 0.338 e. The molecule has 1 atom stereocenters. The molecule has 142 valence electrons. The molecule has 0 saturated carbocycles. The molecule has 1 aromatic rings. The molecule has 1 heterocycles. The fourth-order valence-corrected chi connectivity index (χ4v) is 3.26. The van der Waals surface area contributed by atoms with Gasteiger partial charge in [0.15, 0.2) is 0 Å². The number of nitriles is 1. The van der Waals surface area contributed by atoms with Gasteiger partial charge in [0, 0.05) is 4.47 Å². The molecule has 0 aromatic heterocycles. The van der Waals surface area contributed by atoms with E-state index in [1.807, 2.05) is 6.07 Å². The third kappa shape index (κ3) is 4.49. The van der Waals surface area contributed by atoms with E-state index in [1.165, 1.54) is 0 Å². The van der Waals surface area contributed by atoms with Gasteiger partial charge in [0.2, 0.25) is 5.88 Å². The zero-order valence-corrected chi connectivity index (χ0v) is 16.5. The van der Waals surface area contributed by atoms with Gasteiger partial charge in [0.25, 0.3) is 0 Å². The first-order valence-electron chi connectivity index (χ1n) is 8.32. The van der Waals surface area contributed by atoms with Crippen LogP contribution in [-0.4, -0.2) is 25.2 Å². The number of carbonyl (C=O) groups excluding carboxylic acids is 2. The van der Waals surface area contributed by atoms with E-state index >= 15 is 0 Å². The number of hydrogen-bond donors (Lipinski definition) is 1. The summed E-state index contributed by atoms with van der Waals surface area (Å²) < 4.78 is 16.3. The van der Waals surface area contributed by atoms with Crippen LogP contribution in [0.3, 0.4) is 0 Å². The summed E-state index contributed by atoms with van der Waals surface area (Å²) in [4.78, 5) is 24.7. The summed E-state index contributed by atoms with van der Waals surface area (Å²) in [5, 5.41) is 9.62. The lowest BCUT2D eigenvalue weighted by atomic mass is 9.82. The monoisotopic (exact) mass is 434 g/mol. The van der Waals surface area contributed by atoms with Crippen LogP contribution in [0.2, 0.25) is 0 Å². The highest BCUT2D eigenvalue weighted by molar-refractivity contribution is 9.10. The molecule has 27 heavy (non-hydrogen) atoms. The molecule has 1 aromatic carbocycles. The fraction of sp³-hybridized carbons (Fsp3) is 0.316. The molecule has 8 heteroatoms. The Morgan fingerprint density at radius 2 is 1.93 bits per heavy atom. The Hall–Kier alpha value is -2.79. The first kappa shape index (κ1) is 20.5. The molecule has 2 rings (SSSR count). The number of nitrogens with zero attached hydrogens (tertiary/aromatic N) is 1. The van der Waals surface area contributed by atoms with Crippen LogP contribution < -0.4 is 5.73 Å². The number of ether oxygens (including phenoxy) is 3. The number of nitrogens with two attached hydrogens (primary N) is 1. The van der Waals surface area contributed by atoms with Crippen LogP contribution in [0.1, 0.15) is 31.7 Å². The van der Waals surface area contributed by atoms with E-state index in [2.05, 4.69) is 15.9 Å². The number of allylic oxidation sites excluding steroid dienone is 1. The Kier molecular flexibility index (Phi) is 7.02. The molecule has 0 radical (unpaired) electrons. The molecule has 0 saturated heterocycles. The van der Waals surface area contributed by atoms with Crippen molar-refractivity contribution in [2.75, 3.05) is 13.2 Å². The lowest BCUT2D eigenvalue weighted by molar-refractivity contribution is -0.143. The van der Waals surface area contributed by atoms with E-state index in [4.69, 9.17) is 19.9 Å². The standard InChI is InChI=1S/C19H19BrN2O5/c1-3-25-15(23)9-14-17(19(24)26-4-2)16(12(10-21)18(22)27-14)11-7-5-6-8-13(11)20/h5-8,16H,3-4,9,22H2,1-2H3. The van der Waals surface area contributed by atoms with Crippen molar-refractivity contribution in [2.45, 2.75) is 26.2 Å². The van der Waals surface area contributed by atoms with Gasteiger partial charge in [-0.1, -0.05) is 34.1 Å². The smallest absolute Gasteiger partial charge is 0.338 e. The van der Waals surface area contributed by atoms with Crippen LogP contribution in [0.25, 0.3) is 0 Å². The predicted molar refractivity (Wildman–Crippen MR) is 99.7 cm³/mol. The largest absolute Gasteiger partial charge is 0.466 e. The molecule has 0 amide bonds. The van der Waals surface area contributed by atoms with Crippen molar-refractivity contribution in [3.63, 3.8) is 0 Å². The lowest BCUT2D eigenvalue weighted by Crippen LogP contribution is -2.27. The van der Waals surface area contributed by atoms with Crippen molar-refractivity contribution in [1.29, 1.82) is 5.26 Å². The Balaban J connectivity index is 2.66. The Morgan fingerprint density at radius 3 is 2.52 bits per heavy atom. The number of benzene rings is 1. The predicted octanol–water partition coefficient (Wildman–Crippen LogP) is 3.03. The van der Waals surface area contributed by atoms with Gasteiger partial charge in [-0.3, -0.25) is 4.79 Å². The van der Waals surface area contributed by atoms with E-state index in [1.54, 1.807) is 38.1 Å². The molecule has 1 aliphatic heterocycles. The quantitative estimate of drug-likeness (QED) is 0.684. The molecule has 0 fully saturated rings. The van der Waals surface area contributed by atoms with Gasteiger partial charge in [-0.25, -0.2) is 4.79 Å². The van der Waals surface area contributed by atoms with Gasteiger partial charge < -0.3 is 19.9 Å². The highest BCUT2D eigenvalue weighted by Crippen LogP contribution is 2.42. The zero-order chi connectivity index (χ0) is 20.0. The summed E-state index contributed by atoms with van der Waals surface area (Å²) >= 11 is 3.44. The Morgan fingerprint density at radius 1 is 1.26 bits per heavy atom. The van der Waals surface area contributed by atoms with Crippen molar-refractivity contribution < 1.29 is 23.8 Å². The molecule has 0 aliphatic carbocycles. The average molecular weight is 435 g/mol. The maximum absolute atomic E-state index is 12.7. The fourth-order valence-electron chi connectivity index (χ4n) is 2.75. The maximum atomic E-state index is 12.7. The molecular weight excluding hydrogens is 416 g/mol. The van der Waals surface area contributed by atoms with Crippen LogP contribution >= 0.6 is 15.9 Å². The Labute approximate surface area is 165 Å². The Bertz CT molecular complexity index is 854. The normalized spacial score (nSPS) is 16.4. The van der Waals surface area contributed by atoms with E-state index in [9.17, 15) is 14.9 Å². The second-order valence-electron chi connectivity index (χ2n) is 5.49. The number of carbonyl (C=O) groups is 2. The number of esters is 2. The first-order chi connectivity index (χ1) is 12.9. The van der Waals surface area contributed by atoms with Crippen LogP contribution in [-0.2, 0) is 23.8 Å². The number of rotatable bonds is 6. The van der Waals surface area contributed by atoms with E-state index in [0.717, 1.165) is 0 Å². The van der Waals surface area contributed by atoms with Crippen LogP contribution in [0, 0.1) is 11.3 Å². The summed E-state index contributed by atoms with van der Waals surface area (Å²) in [6.45, 7) is 3.64. The van der Waals surface area contributed by atoms with Gasteiger partial charge in [-0.15, -0.1) is 0 Å². The minimum Gasteiger partial charge on any atom is -0.466 e. The molecule has 7 nitrogen and oxygen atoms in total. The average Bonchev–Trinajstić information content (AvgIpc) is 2.62. The summed E-state index contributed by atoms with van der Waals surface area (Å²) in [6, 6.07) is 9.12. The van der Waals surface area contributed by atoms with Gasteiger partial charge in [0.05, 0.1) is 24.7 Å². The molecule has 0 bridgehead atoms. The van der Waals surface area contributed by atoms with E-state index in [-0.39, 0.29) is 42.4 Å². The number of halogens is 1. The SMILES string of the molecule is CCOC(=O)CC1=C(C(=O)OCC)C(c2ccccc2Br)C(C#N)=C(N)O1. The van der Waals surface area contributed by atoms with Crippen LogP contribution in [0.15, 0.2) is 51.5 Å². The third-order valence-electron chi connectivity index (χ3n) is 3.82. The highest BCUT2D eigenvalue weighted by atomic mass is 79.9. The highest BCUT2D eigenvalue weighted by Gasteiger charge is 2.39. The van der Waals surface area contributed by atoms with Crippen LogP contribution in [0.4, 0.5) is 0 Å². The second kappa shape index (κ2) is 9.24. The lowest BCUT2D eigenvalue weighted by Gasteiger charge is -2.28. The van der Waals surface area contributed by atoms with Crippen molar-refractivity contribution in [3.05, 3.63) is 57.1 Å². The van der Waals surface area contributed by atoms with E-state index < -0.39 is 17.9 Å². The van der Waals surface area contributed by atoms with Crippen molar-refractivity contribution in [1.82, 2.24) is 0 Å².